The van der Waals surface area contributed by atoms with Crippen molar-refractivity contribution in [1.29, 1.82) is 0 Å². The van der Waals surface area contributed by atoms with Crippen molar-refractivity contribution in [3.8, 4) is 0 Å². The lowest BCUT2D eigenvalue weighted by molar-refractivity contribution is -0.139. The second-order valence-electron chi connectivity index (χ2n) is 5.71. The molecule has 0 saturated carbocycles. The van der Waals surface area contributed by atoms with Crippen LogP contribution in [0.5, 0.6) is 0 Å². The number of aliphatic hydroxyl groups excluding tert-OH is 1. The van der Waals surface area contributed by atoms with Gasteiger partial charge in [0.05, 0.1) is 12.1 Å². The van der Waals surface area contributed by atoms with Crippen LogP contribution in [0, 0.1) is 0 Å². The van der Waals surface area contributed by atoms with E-state index >= 15 is 0 Å². The summed E-state index contributed by atoms with van der Waals surface area (Å²) in [6, 6.07) is 12.8. The highest BCUT2D eigenvalue weighted by atomic mass is 16.3. The van der Waals surface area contributed by atoms with Gasteiger partial charge in [-0.05, 0) is 31.0 Å². The van der Waals surface area contributed by atoms with Crippen molar-refractivity contribution in [3.05, 3.63) is 59.9 Å². The van der Waals surface area contributed by atoms with Gasteiger partial charge < -0.3 is 20.3 Å². The van der Waals surface area contributed by atoms with Gasteiger partial charge in [0.25, 0.3) is 0 Å². The Morgan fingerprint density at radius 3 is 2.46 bits per heavy atom. The van der Waals surface area contributed by atoms with Crippen molar-refractivity contribution >= 4 is 11.8 Å². The number of nitrogens with one attached hydrogen (secondary N) is 2. The minimum absolute atomic E-state index is 0.221. The standard InChI is InChI=1S/C18H23N3O3/c1-13(14-7-4-3-5-8-14)20-18(24)17(23)19-11-10-16(22)15-9-6-12-21(15)2/h3-9,12-13,16,22H,10-11H2,1-2H3,(H,19,23)(H,20,24)/t13-,16-/m0/s1. The van der Waals surface area contributed by atoms with Crippen LogP contribution >= 0.6 is 0 Å². The Balaban J connectivity index is 1.76. The molecule has 1 heterocycles. The Hall–Kier alpha value is -2.60. The van der Waals surface area contributed by atoms with Gasteiger partial charge in [-0.1, -0.05) is 30.3 Å². The third-order valence-corrected chi connectivity index (χ3v) is 3.88. The SMILES string of the molecule is C[C@H](NC(=O)C(=O)NCC[C@H](O)c1cccn1C)c1ccccc1. The summed E-state index contributed by atoms with van der Waals surface area (Å²) < 4.78 is 1.82. The van der Waals surface area contributed by atoms with Crippen LogP contribution in [0.2, 0.25) is 0 Å². The molecule has 0 spiro atoms. The summed E-state index contributed by atoms with van der Waals surface area (Å²) in [5.41, 5.74) is 1.70. The Morgan fingerprint density at radius 2 is 1.83 bits per heavy atom. The maximum Gasteiger partial charge on any atom is 0.309 e. The molecule has 0 unspecified atom stereocenters. The minimum Gasteiger partial charge on any atom is -0.387 e. The lowest BCUT2D eigenvalue weighted by Gasteiger charge is -2.15. The largest absolute Gasteiger partial charge is 0.387 e. The summed E-state index contributed by atoms with van der Waals surface area (Å²) in [6.07, 6.45) is 1.50. The van der Waals surface area contributed by atoms with Gasteiger partial charge in [-0.15, -0.1) is 0 Å². The summed E-state index contributed by atoms with van der Waals surface area (Å²) in [7, 11) is 1.84. The molecule has 2 atom stereocenters. The number of carbonyl (C=O) groups excluding carboxylic acids is 2. The van der Waals surface area contributed by atoms with Crippen molar-refractivity contribution in [2.45, 2.75) is 25.5 Å². The van der Waals surface area contributed by atoms with E-state index in [-0.39, 0.29) is 12.6 Å². The van der Waals surface area contributed by atoms with Crippen LogP contribution in [-0.2, 0) is 16.6 Å². The molecule has 3 N–H and O–H groups in total. The number of nitrogens with zero attached hydrogens (tertiary/aromatic N) is 1. The monoisotopic (exact) mass is 329 g/mol. The summed E-state index contributed by atoms with van der Waals surface area (Å²) in [5, 5.41) is 15.2. The molecule has 1 aromatic heterocycles. The van der Waals surface area contributed by atoms with E-state index in [4.69, 9.17) is 0 Å². The average Bonchev–Trinajstić information content (AvgIpc) is 3.01. The molecule has 6 nitrogen and oxygen atoms in total. The molecule has 0 saturated heterocycles. The summed E-state index contributed by atoms with van der Waals surface area (Å²) in [6.45, 7) is 2.04. The molecule has 2 rings (SSSR count). The van der Waals surface area contributed by atoms with E-state index in [2.05, 4.69) is 10.6 Å². The zero-order chi connectivity index (χ0) is 17.5. The summed E-state index contributed by atoms with van der Waals surface area (Å²) >= 11 is 0. The van der Waals surface area contributed by atoms with Crippen molar-refractivity contribution in [2.24, 2.45) is 7.05 Å². The number of aromatic nitrogens is 1. The third kappa shape index (κ3) is 4.70. The highest BCUT2D eigenvalue weighted by Crippen LogP contribution is 2.15. The van der Waals surface area contributed by atoms with Gasteiger partial charge in [-0.3, -0.25) is 9.59 Å². The zero-order valence-electron chi connectivity index (χ0n) is 13.9. The molecule has 0 bridgehead atoms. The number of aryl methyl sites for hydroxylation is 1. The van der Waals surface area contributed by atoms with E-state index in [1.165, 1.54) is 0 Å². The minimum atomic E-state index is -0.697. The van der Waals surface area contributed by atoms with Gasteiger partial charge >= 0.3 is 11.8 Å². The molecule has 0 aliphatic rings. The molecule has 24 heavy (non-hydrogen) atoms. The molecule has 6 heteroatoms. The van der Waals surface area contributed by atoms with E-state index in [0.29, 0.717) is 6.42 Å². The molecule has 0 aliphatic carbocycles. The smallest absolute Gasteiger partial charge is 0.309 e. The van der Waals surface area contributed by atoms with E-state index in [1.807, 2.05) is 67.2 Å². The molecular weight excluding hydrogens is 306 g/mol. The fraction of sp³-hybridized carbons (Fsp3) is 0.333. The Labute approximate surface area is 141 Å². The van der Waals surface area contributed by atoms with E-state index < -0.39 is 17.9 Å². The average molecular weight is 329 g/mol. The van der Waals surface area contributed by atoms with Gasteiger partial charge in [0.1, 0.15) is 0 Å². The first kappa shape index (κ1) is 17.7. The highest BCUT2D eigenvalue weighted by molar-refractivity contribution is 6.35. The van der Waals surface area contributed by atoms with Crippen LogP contribution in [0.1, 0.15) is 36.7 Å². The second-order valence-corrected chi connectivity index (χ2v) is 5.71. The molecular formula is C18H23N3O3. The number of hydrogen-bond acceptors (Lipinski definition) is 3. The molecule has 128 valence electrons. The van der Waals surface area contributed by atoms with Crippen molar-refractivity contribution in [3.63, 3.8) is 0 Å². The molecule has 0 aliphatic heterocycles. The number of hydrogen-bond donors (Lipinski definition) is 3. The zero-order valence-corrected chi connectivity index (χ0v) is 13.9. The van der Waals surface area contributed by atoms with Crippen LogP contribution in [0.15, 0.2) is 48.7 Å². The van der Waals surface area contributed by atoms with Crippen LogP contribution in [0.25, 0.3) is 0 Å². The molecule has 2 aromatic rings. The van der Waals surface area contributed by atoms with Crippen molar-refractivity contribution in [1.82, 2.24) is 15.2 Å². The maximum absolute atomic E-state index is 11.9. The first-order chi connectivity index (χ1) is 11.5. The number of rotatable bonds is 6. The number of carbonyl (C=O) groups is 2. The van der Waals surface area contributed by atoms with Crippen LogP contribution in [0.3, 0.4) is 0 Å². The van der Waals surface area contributed by atoms with Crippen LogP contribution in [0.4, 0.5) is 0 Å². The summed E-state index contributed by atoms with van der Waals surface area (Å²) in [5.74, 6) is -1.38. The van der Waals surface area contributed by atoms with Crippen LogP contribution in [-0.4, -0.2) is 28.0 Å². The van der Waals surface area contributed by atoms with Gasteiger partial charge in [-0.2, -0.15) is 0 Å². The molecule has 0 radical (unpaired) electrons. The maximum atomic E-state index is 11.9. The summed E-state index contributed by atoms with van der Waals surface area (Å²) in [4.78, 5) is 23.7. The normalized spacial score (nSPS) is 13.1. The predicted octanol–water partition coefficient (Wildman–Crippen LogP) is 1.44. The van der Waals surface area contributed by atoms with Gasteiger partial charge in [0.2, 0.25) is 0 Å². The molecule has 1 aromatic carbocycles. The van der Waals surface area contributed by atoms with Gasteiger partial charge in [0.15, 0.2) is 0 Å². The lowest BCUT2D eigenvalue weighted by atomic mass is 10.1. The molecule has 0 fully saturated rings. The predicted molar refractivity (Wildman–Crippen MR) is 91.0 cm³/mol. The van der Waals surface area contributed by atoms with Crippen molar-refractivity contribution < 1.29 is 14.7 Å². The van der Waals surface area contributed by atoms with E-state index in [0.717, 1.165) is 11.3 Å². The Morgan fingerprint density at radius 1 is 1.12 bits per heavy atom. The number of aliphatic hydroxyl groups is 1. The topological polar surface area (TPSA) is 83.4 Å². The highest BCUT2D eigenvalue weighted by Gasteiger charge is 2.17. The van der Waals surface area contributed by atoms with Gasteiger partial charge in [-0.25, -0.2) is 0 Å². The fourth-order valence-corrected chi connectivity index (χ4v) is 2.46. The number of benzene rings is 1. The molecule has 2 amide bonds. The number of amides is 2. The third-order valence-electron chi connectivity index (χ3n) is 3.88. The van der Waals surface area contributed by atoms with Crippen molar-refractivity contribution in [2.75, 3.05) is 6.54 Å². The van der Waals surface area contributed by atoms with E-state index in [9.17, 15) is 14.7 Å². The quantitative estimate of drug-likeness (QED) is 0.701. The van der Waals surface area contributed by atoms with Crippen LogP contribution < -0.4 is 10.6 Å². The second kappa shape index (κ2) is 8.31. The Kier molecular flexibility index (Phi) is 6.14. The van der Waals surface area contributed by atoms with E-state index in [1.54, 1.807) is 0 Å². The first-order valence-corrected chi connectivity index (χ1v) is 7.92. The fourth-order valence-electron chi connectivity index (χ4n) is 2.46. The first-order valence-electron chi connectivity index (χ1n) is 7.92. The Bertz CT molecular complexity index is 682. The van der Waals surface area contributed by atoms with Gasteiger partial charge in [0, 0.05) is 25.5 Å². The lowest BCUT2D eigenvalue weighted by Crippen LogP contribution is -2.41.